The Labute approximate surface area is 150 Å². The summed E-state index contributed by atoms with van der Waals surface area (Å²) in [5, 5.41) is 4.25. The fourth-order valence-corrected chi connectivity index (χ4v) is 2.57. The molecular formula is C19H18N2O5. The number of benzene rings is 1. The molecule has 0 unspecified atom stereocenters. The number of furan rings is 1. The summed E-state index contributed by atoms with van der Waals surface area (Å²) in [6.07, 6.45) is 1.47. The van der Waals surface area contributed by atoms with Gasteiger partial charge in [0.15, 0.2) is 0 Å². The van der Waals surface area contributed by atoms with Crippen molar-refractivity contribution in [3.8, 4) is 5.69 Å². The van der Waals surface area contributed by atoms with Crippen LogP contribution in [-0.2, 0) is 16.1 Å². The fourth-order valence-electron chi connectivity index (χ4n) is 2.57. The molecule has 0 saturated carbocycles. The quantitative estimate of drug-likeness (QED) is 0.654. The van der Waals surface area contributed by atoms with Gasteiger partial charge >= 0.3 is 11.9 Å². The minimum atomic E-state index is -0.569. The molecule has 0 aliphatic heterocycles. The molecule has 0 amide bonds. The van der Waals surface area contributed by atoms with Gasteiger partial charge in [0.25, 0.3) is 0 Å². The zero-order chi connectivity index (χ0) is 18.7. The molecule has 0 radical (unpaired) electrons. The standard InChI is InChI=1S/C19H18N2O5/c1-12-9-15(26-17(12)19(23)24-3)11-25-18(22)16-10-20-21(13(16)2)14-7-5-4-6-8-14/h4-10H,11H2,1-3H3. The summed E-state index contributed by atoms with van der Waals surface area (Å²) in [5.41, 5.74) is 2.52. The second kappa shape index (κ2) is 7.26. The fraction of sp³-hybridized carbons (Fsp3) is 0.211. The van der Waals surface area contributed by atoms with Crippen molar-refractivity contribution in [2.45, 2.75) is 20.5 Å². The highest BCUT2D eigenvalue weighted by molar-refractivity contribution is 5.90. The Bertz CT molecular complexity index is 940. The maximum Gasteiger partial charge on any atom is 0.374 e. The van der Waals surface area contributed by atoms with E-state index in [-0.39, 0.29) is 12.4 Å². The number of nitrogens with zero attached hydrogens (tertiary/aromatic N) is 2. The first-order chi connectivity index (χ1) is 12.5. The molecule has 7 nitrogen and oxygen atoms in total. The van der Waals surface area contributed by atoms with E-state index >= 15 is 0 Å². The van der Waals surface area contributed by atoms with Gasteiger partial charge in [-0.15, -0.1) is 0 Å². The highest BCUT2D eigenvalue weighted by atomic mass is 16.6. The van der Waals surface area contributed by atoms with Gasteiger partial charge in [0.1, 0.15) is 17.9 Å². The molecule has 0 saturated heterocycles. The van der Waals surface area contributed by atoms with Gasteiger partial charge in [0.2, 0.25) is 5.76 Å². The molecule has 2 heterocycles. The normalized spacial score (nSPS) is 10.6. The number of carbonyl (C=O) groups excluding carboxylic acids is 2. The van der Waals surface area contributed by atoms with Gasteiger partial charge in [0.05, 0.1) is 24.7 Å². The van der Waals surface area contributed by atoms with Crippen LogP contribution in [0, 0.1) is 13.8 Å². The van der Waals surface area contributed by atoms with Gasteiger partial charge in [-0.25, -0.2) is 14.3 Å². The summed E-state index contributed by atoms with van der Waals surface area (Å²) in [6.45, 7) is 3.42. The van der Waals surface area contributed by atoms with Crippen molar-refractivity contribution in [2.24, 2.45) is 0 Å². The average molecular weight is 354 g/mol. The Balaban J connectivity index is 1.72. The Morgan fingerprint density at radius 3 is 2.58 bits per heavy atom. The van der Waals surface area contributed by atoms with Crippen LogP contribution in [0.25, 0.3) is 5.69 Å². The summed E-state index contributed by atoms with van der Waals surface area (Å²) in [7, 11) is 1.27. The molecule has 7 heteroatoms. The van der Waals surface area contributed by atoms with Crippen LogP contribution in [0.1, 0.15) is 37.9 Å². The molecule has 0 fully saturated rings. The Morgan fingerprint density at radius 1 is 1.15 bits per heavy atom. The van der Waals surface area contributed by atoms with Gasteiger partial charge in [-0.1, -0.05) is 18.2 Å². The van der Waals surface area contributed by atoms with Crippen LogP contribution in [0.4, 0.5) is 0 Å². The van der Waals surface area contributed by atoms with E-state index in [1.807, 2.05) is 30.3 Å². The molecule has 0 N–H and O–H groups in total. The van der Waals surface area contributed by atoms with E-state index in [2.05, 4.69) is 9.84 Å². The van der Waals surface area contributed by atoms with Crippen LogP contribution in [0.2, 0.25) is 0 Å². The second-order valence-corrected chi connectivity index (χ2v) is 5.68. The zero-order valence-electron chi connectivity index (χ0n) is 14.7. The zero-order valence-corrected chi connectivity index (χ0v) is 14.7. The Kier molecular flexibility index (Phi) is 4.88. The number of rotatable bonds is 5. The molecule has 0 aliphatic carbocycles. The summed E-state index contributed by atoms with van der Waals surface area (Å²) in [6, 6.07) is 11.1. The van der Waals surface area contributed by atoms with E-state index < -0.39 is 11.9 Å². The first-order valence-corrected chi connectivity index (χ1v) is 7.96. The number of aryl methyl sites for hydroxylation is 1. The van der Waals surface area contributed by atoms with Crippen molar-refractivity contribution < 1.29 is 23.5 Å². The van der Waals surface area contributed by atoms with Crippen molar-refractivity contribution >= 4 is 11.9 Å². The van der Waals surface area contributed by atoms with Gasteiger partial charge in [0, 0.05) is 5.56 Å². The molecular weight excluding hydrogens is 336 g/mol. The molecule has 0 atom stereocenters. The van der Waals surface area contributed by atoms with E-state index in [4.69, 9.17) is 9.15 Å². The lowest BCUT2D eigenvalue weighted by Crippen LogP contribution is -2.07. The lowest BCUT2D eigenvalue weighted by Gasteiger charge is -2.05. The van der Waals surface area contributed by atoms with E-state index in [1.165, 1.54) is 13.3 Å². The van der Waals surface area contributed by atoms with Crippen molar-refractivity contribution in [3.63, 3.8) is 0 Å². The maximum atomic E-state index is 12.4. The number of aromatic nitrogens is 2. The van der Waals surface area contributed by atoms with Crippen molar-refractivity contribution in [2.75, 3.05) is 7.11 Å². The first-order valence-electron chi connectivity index (χ1n) is 7.96. The van der Waals surface area contributed by atoms with Gasteiger partial charge in [-0.2, -0.15) is 5.10 Å². The topological polar surface area (TPSA) is 83.6 Å². The Morgan fingerprint density at radius 2 is 1.88 bits per heavy atom. The monoisotopic (exact) mass is 354 g/mol. The smallest absolute Gasteiger partial charge is 0.374 e. The largest absolute Gasteiger partial charge is 0.463 e. The van der Waals surface area contributed by atoms with Crippen LogP contribution in [0.5, 0.6) is 0 Å². The van der Waals surface area contributed by atoms with Crippen molar-refractivity contribution in [1.82, 2.24) is 9.78 Å². The molecule has 134 valence electrons. The highest BCUT2D eigenvalue weighted by Crippen LogP contribution is 2.18. The highest BCUT2D eigenvalue weighted by Gasteiger charge is 2.19. The van der Waals surface area contributed by atoms with Crippen molar-refractivity contribution in [1.29, 1.82) is 0 Å². The summed E-state index contributed by atoms with van der Waals surface area (Å²) in [4.78, 5) is 23.9. The third-order valence-corrected chi connectivity index (χ3v) is 3.92. The predicted molar refractivity (Wildman–Crippen MR) is 92.2 cm³/mol. The molecule has 3 rings (SSSR count). The van der Waals surface area contributed by atoms with E-state index in [1.54, 1.807) is 24.6 Å². The number of ether oxygens (including phenoxy) is 2. The molecule has 0 spiro atoms. The number of hydrogen-bond donors (Lipinski definition) is 0. The second-order valence-electron chi connectivity index (χ2n) is 5.68. The summed E-state index contributed by atoms with van der Waals surface area (Å²) >= 11 is 0. The van der Waals surface area contributed by atoms with Crippen LogP contribution in [0.3, 0.4) is 0 Å². The lowest BCUT2D eigenvalue weighted by molar-refractivity contribution is 0.0437. The number of methoxy groups -OCH3 is 1. The van der Waals surface area contributed by atoms with Gasteiger partial charge in [-0.05, 0) is 32.0 Å². The minimum absolute atomic E-state index is 0.0907. The van der Waals surface area contributed by atoms with Gasteiger partial charge < -0.3 is 13.9 Å². The lowest BCUT2D eigenvalue weighted by atomic mass is 10.2. The van der Waals surface area contributed by atoms with Crippen LogP contribution >= 0.6 is 0 Å². The van der Waals surface area contributed by atoms with Crippen LogP contribution in [-0.4, -0.2) is 28.8 Å². The third-order valence-electron chi connectivity index (χ3n) is 3.92. The number of para-hydroxylation sites is 1. The molecule has 2 aromatic heterocycles. The van der Waals surface area contributed by atoms with Gasteiger partial charge in [-0.3, -0.25) is 0 Å². The maximum absolute atomic E-state index is 12.4. The molecule has 3 aromatic rings. The van der Waals surface area contributed by atoms with Crippen LogP contribution < -0.4 is 0 Å². The molecule has 26 heavy (non-hydrogen) atoms. The minimum Gasteiger partial charge on any atom is -0.463 e. The first kappa shape index (κ1) is 17.5. The molecule has 1 aromatic carbocycles. The number of hydrogen-bond acceptors (Lipinski definition) is 6. The van der Waals surface area contributed by atoms with Crippen molar-refractivity contribution in [3.05, 3.63) is 70.9 Å². The number of carbonyl (C=O) groups is 2. The SMILES string of the molecule is COC(=O)c1oc(COC(=O)c2cnn(-c3ccccc3)c2C)cc1C. The van der Waals surface area contributed by atoms with Crippen LogP contribution in [0.15, 0.2) is 47.0 Å². The Hall–Kier alpha value is -3.35. The summed E-state index contributed by atoms with van der Waals surface area (Å²) < 4.78 is 17.0. The molecule has 0 bridgehead atoms. The van der Waals surface area contributed by atoms with E-state index in [0.29, 0.717) is 22.6 Å². The predicted octanol–water partition coefficient (Wildman–Crippen LogP) is 3.23. The number of esters is 2. The summed E-state index contributed by atoms with van der Waals surface area (Å²) in [5.74, 6) is -0.616. The third kappa shape index (κ3) is 3.37. The van der Waals surface area contributed by atoms with E-state index in [9.17, 15) is 9.59 Å². The van der Waals surface area contributed by atoms with E-state index in [0.717, 1.165) is 5.69 Å². The molecule has 0 aliphatic rings. The average Bonchev–Trinajstić information content (AvgIpc) is 3.22.